The van der Waals surface area contributed by atoms with Gasteiger partial charge in [-0.2, -0.15) is 13.2 Å². The summed E-state index contributed by atoms with van der Waals surface area (Å²) in [6.07, 6.45) is -5.38. The number of ketones is 1. The fourth-order valence-corrected chi connectivity index (χ4v) is 1.03. The molecule has 0 aromatic carbocycles. The molecule has 7 heteroatoms. The van der Waals surface area contributed by atoms with Crippen molar-refractivity contribution >= 4 is 11.8 Å². The maximum absolute atomic E-state index is 12.1. The summed E-state index contributed by atoms with van der Waals surface area (Å²) in [5, 5.41) is 0. The number of ether oxygens (including phenoxy) is 2. The molecule has 0 bridgehead atoms. The van der Waals surface area contributed by atoms with E-state index in [-0.39, 0.29) is 19.6 Å². The largest absolute Gasteiger partial charge is 0.465 e. The summed E-state index contributed by atoms with van der Waals surface area (Å²) in [6, 6.07) is 0. The average Bonchev–Trinajstić information content (AvgIpc) is 2.17. The Hall–Kier alpha value is -1.11. The Morgan fingerprint density at radius 3 is 2.25 bits per heavy atom. The number of hydrogen-bond donors (Lipinski definition) is 0. The van der Waals surface area contributed by atoms with Crippen molar-refractivity contribution in [2.45, 2.75) is 19.5 Å². The molecule has 0 rings (SSSR count). The van der Waals surface area contributed by atoms with Gasteiger partial charge in [0.1, 0.15) is 5.92 Å². The average molecular weight is 242 g/mol. The van der Waals surface area contributed by atoms with Gasteiger partial charge in [0.2, 0.25) is 0 Å². The van der Waals surface area contributed by atoms with Gasteiger partial charge in [0, 0.05) is 13.7 Å². The van der Waals surface area contributed by atoms with Crippen LogP contribution in [-0.2, 0) is 19.1 Å². The first-order valence-corrected chi connectivity index (χ1v) is 4.61. The van der Waals surface area contributed by atoms with Crippen LogP contribution in [0.2, 0.25) is 0 Å². The molecule has 0 heterocycles. The summed E-state index contributed by atoms with van der Waals surface area (Å²) < 4.78 is 45.3. The smallest absolute Gasteiger partial charge is 0.450 e. The first-order valence-electron chi connectivity index (χ1n) is 4.61. The SMILES string of the molecule is CCOC(=O)[C@@H](CCOC)C(=O)C(F)(F)F. The fraction of sp³-hybridized carbons (Fsp3) is 0.778. The van der Waals surface area contributed by atoms with Crippen molar-refractivity contribution in [2.24, 2.45) is 5.92 Å². The van der Waals surface area contributed by atoms with Crippen molar-refractivity contribution in [3.8, 4) is 0 Å². The first-order chi connectivity index (χ1) is 7.34. The van der Waals surface area contributed by atoms with Gasteiger partial charge in [-0.15, -0.1) is 0 Å². The van der Waals surface area contributed by atoms with Crippen molar-refractivity contribution in [1.29, 1.82) is 0 Å². The van der Waals surface area contributed by atoms with Crippen LogP contribution in [0.15, 0.2) is 0 Å². The molecule has 0 aliphatic rings. The lowest BCUT2D eigenvalue weighted by molar-refractivity contribution is -0.181. The summed E-state index contributed by atoms with van der Waals surface area (Å²) in [4.78, 5) is 22.0. The molecule has 0 aromatic heterocycles. The highest BCUT2D eigenvalue weighted by molar-refractivity contribution is 6.01. The number of methoxy groups -OCH3 is 1. The van der Waals surface area contributed by atoms with Gasteiger partial charge in [0.15, 0.2) is 0 Å². The fourth-order valence-electron chi connectivity index (χ4n) is 1.03. The summed E-state index contributed by atoms with van der Waals surface area (Å²) in [6.45, 7) is 1.25. The maximum atomic E-state index is 12.1. The van der Waals surface area contributed by atoms with Gasteiger partial charge in [-0.25, -0.2) is 0 Å². The molecule has 0 saturated heterocycles. The molecule has 1 atom stereocenters. The van der Waals surface area contributed by atoms with Crippen LogP contribution in [0.3, 0.4) is 0 Å². The summed E-state index contributed by atoms with van der Waals surface area (Å²) in [7, 11) is 1.26. The van der Waals surface area contributed by atoms with E-state index < -0.39 is 23.8 Å². The third-order valence-electron chi connectivity index (χ3n) is 1.78. The Balaban J connectivity index is 4.66. The van der Waals surface area contributed by atoms with E-state index in [1.165, 1.54) is 14.0 Å². The second-order valence-corrected chi connectivity index (χ2v) is 2.95. The maximum Gasteiger partial charge on any atom is 0.450 e. The van der Waals surface area contributed by atoms with Crippen LogP contribution >= 0.6 is 0 Å². The molecule has 94 valence electrons. The van der Waals surface area contributed by atoms with Crippen LogP contribution in [0.5, 0.6) is 0 Å². The summed E-state index contributed by atoms with van der Waals surface area (Å²) in [5.74, 6) is -5.09. The molecule has 0 amide bonds. The number of halogens is 3. The molecule has 0 aromatic rings. The van der Waals surface area contributed by atoms with Gasteiger partial charge in [0.05, 0.1) is 6.61 Å². The second-order valence-electron chi connectivity index (χ2n) is 2.95. The quantitative estimate of drug-likeness (QED) is 0.521. The van der Waals surface area contributed by atoms with E-state index >= 15 is 0 Å². The minimum Gasteiger partial charge on any atom is -0.465 e. The van der Waals surface area contributed by atoms with Crippen molar-refractivity contribution in [3.63, 3.8) is 0 Å². The van der Waals surface area contributed by atoms with Gasteiger partial charge in [0.25, 0.3) is 5.78 Å². The predicted octanol–water partition coefficient (Wildman–Crippen LogP) is 1.33. The summed E-state index contributed by atoms with van der Waals surface area (Å²) >= 11 is 0. The van der Waals surface area contributed by atoms with Crippen LogP contribution in [0.4, 0.5) is 13.2 Å². The molecule has 0 fully saturated rings. The lowest BCUT2D eigenvalue weighted by atomic mass is 10.0. The number of carbonyl (C=O) groups is 2. The van der Waals surface area contributed by atoms with E-state index in [0.717, 1.165) is 0 Å². The van der Waals surface area contributed by atoms with Crippen LogP contribution in [0.1, 0.15) is 13.3 Å². The highest BCUT2D eigenvalue weighted by Crippen LogP contribution is 2.23. The Morgan fingerprint density at radius 1 is 1.31 bits per heavy atom. The van der Waals surface area contributed by atoms with Crippen molar-refractivity contribution in [3.05, 3.63) is 0 Å². The van der Waals surface area contributed by atoms with E-state index in [1.807, 2.05) is 0 Å². The van der Waals surface area contributed by atoms with Crippen LogP contribution in [0, 0.1) is 5.92 Å². The predicted molar refractivity (Wildman–Crippen MR) is 47.7 cm³/mol. The van der Waals surface area contributed by atoms with Gasteiger partial charge in [-0.05, 0) is 13.3 Å². The van der Waals surface area contributed by atoms with E-state index in [4.69, 9.17) is 0 Å². The molecule has 0 aliphatic heterocycles. The Kier molecular flexibility index (Phi) is 6.02. The van der Waals surface area contributed by atoms with E-state index in [0.29, 0.717) is 0 Å². The molecular formula is C9H13F3O4. The molecule has 0 saturated carbocycles. The van der Waals surface area contributed by atoms with Gasteiger partial charge >= 0.3 is 12.1 Å². The molecule has 4 nitrogen and oxygen atoms in total. The molecule has 0 unspecified atom stereocenters. The molecular weight excluding hydrogens is 229 g/mol. The molecule has 0 N–H and O–H groups in total. The highest BCUT2D eigenvalue weighted by atomic mass is 19.4. The zero-order chi connectivity index (χ0) is 12.8. The molecule has 0 aliphatic carbocycles. The van der Waals surface area contributed by atoms with Crippen molar-refractivity contribution < 1.29 is 32.2 Å². The minimum atomic E-state index is -5.04. The standard InChI is InChI=1S/C9H13F3O4/c1-3-16-8(14)6(4-5-15-2)7(13)9(10,11)12/h6H,3-5H2,1-2H3/t6-/m0/s1. The topological polar surface area (TPSA) is 52.6 Å². The lowest BCUT2D eigenvalue weighted by Crippen LogP contribution is -2.37. The molecule has 0 radical (unpaired) electrons. The molecule has 16 heavy (non-hydrogen) atoms. The number of hydrogen-bond acceptors (Lipinski definition) is 4. The normalized spacial score (nSPS) is 13.3. The van der Waals surface area contributed by atoms with Crippen molar-refractivity contribution in [1.82, 2.24) is 0 Å². The number of rotatable bonds is 6. The van der Waals surface area contributed by atoms with Crippen LogP contribution < -0.4 is 0 Å². The first kappa shape index (κ1) is 14.9. The number of esters is 1. The van der Waals surface area contributed by atoms with Crippen LogP contribution in [-0.4, -0.2) is 38.3 Å². The zero-order valence-corrected chi connectivity index (χ0v) is 8.97. The molecule has 0 spiro atoms. The van der Waals surface area contributed by atoms with Gasteiger partial charge in [-0.1, -0.05) is 0 Å². The van der Waals surface area contributed by atoms with Crippen molar-refractivity contribution in [2.75, 3.05) is 20.3 Å². The number of carbonyl (C=O) groups excluding carboxylic acids is 2. The van der Waals surface area contributed by atoms with E-state index in [1.54, 1.807) is 0 Å². The Bertz CT molecular complexity index is 250. The van der Waals surface area contributed by atoms with E-state index in [2.05, 4.69) is 9.47 Å². The van der Waals surface area contributed by atoms with Gasteiger partial charge in [-0.3, -0.25) is 9.59 Å². The second kappa shape index (κ2) is 6.47. The third kappa shape index (κ3) is 4.61. The summed E-state index contributed by atoms with van der Waals surface area (Å²) in [5.41, 5.74) is 0. The number of alkyl halides is 3. The third-order valence-corrected chi connectivity index (χ3v) is 1.78. The minimum absolute atomic E-state index is 0.0759. The van der Waals surface area contributed by atoms with Crippen LogP contribution in [0.25, 0.3) is 0 Å². The zero-order valence-electron chi connectivity index (χ0n) is 8.97. The lowest BCUT2D eigenvalue weighted by Gasteiger charge is -2.15. The number of Topliss-reactive ketones (excluding diaryl/α,β-unsaturated/α-hetero) is 1. The van der Waals surface area contributed by atoms with E-state index in [9.17, 15) is 22.8 Å². The monoisotopic (exact) mass is 242 g/mol. The Morgan fingerprint density at radius 2 is 1.88 bits per heavy atom. The highest BCUT2D eigenvalue weighted by Gasteiger charge is 2.46. The Labute approximate surface area is 90.7 Å². The van der Waals surface area contributed by atoms with Gasteiger partial charge < -0.3 is 9.47 Å².